The van der Waals surface area contributed by atoms with Gasteiger partial charge < -0.3 is 4.74 Å². The predicted molar refractivity (Wildman–Crippen MR) is 54.0 cm³/mol. The van der Waals surface area contributed by atoms with Crippen LogP contribution in [0.4, 0.5) is 13.2 Å². The molecule has 1 fully saturated rings. The van der Waals surface area contributed by atoms with Crippen molar-refractivity contribution in [3.63, 3.8) is 0 Å². The lowest BCUT2D eigenvalue weighted by atomic mass is 10.0. The number of benzene rings is 1. The fourth-order valence-electron chi connectivity index (χ4n) is 1.69. The van der Waals surface area contributed by atoms with Gasteiger partial charge in [0.15, 0.2) is 0 Å². The third-order valence-electron chi connectivity index (χ3n) is 2.73. The second-order valence-corrected chi connectivity index (χ2v) is 3.97. The van der Waals surface area contributed by atoms with Crippen molar-refractivity contribution >= 4 is 0 Å². The summed E-state index contributed by atoms with van der Waals surface area (Å²) in [5.41, 5.74) is -1.85. The van der Waals surface area contributed by atoms with Crippen LogP contribution < -0.4 is 0 Å². The summed E-state index contributed by atoms with van der Waals surface area (Å²) in [6, 6.07) is 8.20. The van der Waals surface area contributed by atoms with E-state index in [-0.39, 0.29) is 6.42 Å². The van der Waals surface area contributed by atoms with E-state index in [1.165, 1.54) is 12.1 Å². The molecule has 1 unspecified atom stereocenters. The average molecular weight is 252 g/mol. The third-order valence-corrected chi connectivity index (χ3v) is 2.73. The summed E-state index contributed by atoms with van der Waals surface area (Å²) in [7, 11) is 0. The van der Waals surface area contributed by atoms with Crippen molar-refractivity contribution in [1.29, 1.82) is 10.5 Å². The lowest BCUT2D eigenvalue weighted by molar-refractivity contribution is -0.137. The van der Waals surface area contributed by atoms with E-state index in [4.69, 9.17) is 15.3 Å². The van der Waals surface area contributed by atoms with Crippen LogP contribution >= 0.6 is 0 Å². The van der Waals surface area contributed by atoms with Crippen LogP contribution in [0.5, 0.6) is 0 Å². The highest BCUT2D eigenvalue weighted by Crippen LogP contribution is 2.38. The maximum atomic E-state index is 12.5. The first kappa shape index (κ1) is 12.4. The van der Waals surface area contributed by atoms with E-state index in [0.717, 1.165) is 12.1 Å². The third kappa shape index (κ3) is 2.15. The van der Waals surface area contributed by atoms with E-state index in [1.807, 2.05) is 0 Å². The van der Waals surface area contributed by atoms with Gasteiger partial charge in [-0.3, -0.25) is 0 Å². The molecule has 1 heterocycles. The van der Waals surface area contributed by atoms with E-state index in [2.05, 4.69) is 0 Å². The van der Waals surface area contributed by atoms with Crippen LogP contribution in [-0.4, -0.2) is 11.7 Å². The van der Waals surface area contributed by atoms with Crippen molar-refractivity contribution in [2.75, 3.05) is 0 Å². The summed E-state index contributed by atoms with van der Waals surface area (Å²) in [4.78, 5) is 0. The Labute approximate surface area is 101 Å². The standard InChI is InChI=1S/C12H7F3N2O/c13-12(14,15)9-3-1-2-8(4-9)5-10-11(6-16,7-17)18-10/h1-4,10H,5H2. The molecule has 0 radical (unpaired) electrons. The van der Waals surface area contributed by atoms with Crippen LogP contribution in [0, 0.1) is 22.7 Å². The molecule has 18 heavy (non-hydrogen) atoms. The zero-order valence-electron chi connectivity index (χ0n) is 9.03. The Hall–Kier alpha value is -2.05. The zero-order valence-corrected chi connectivity index (χ0v) is 9.03. The minimum Gasteiger partial charge on any atom is -0.337 e. The van der Waals surface area contributed by atoms with Crippen LogP contribution in [0.15, 0.2) is 24.3 Å². The second-order valence-electron chi connectivity index (χ2n) is 3.97. The van der Waals surface area contributed by atoms with Gasteiger partial charge in [-0.15, -0.1) is 0 Å². The molecule has 1 aromatic carbocycles. The molecule has 0 N–H and O–H groups in total. The number of nitriles is 2. The van der Waals surface area contributed by atoms with E-state index in [1.54, 1.807) is 12.1 Å². The van der Waals surface area contributed by atoms with Gasteiger partial charge in [-0.2, -0.15) is 23.7 Å². The highest BCUT2D eigenvalue weighted by Gasteiger charge is 2.58. The molecule has 0 bridgehead atoms. The predicted octanol–water partition coefficient (Wildman–Crippen LogP) is 2.43. The molecule has 2 rings (SSSR count). The SMILES string of the molecule is N#CC1(C#N)OC1Cc1cccc(C(F)(F)F)c1. The first-order chi connectivity index (χ1) is 8.41. The molecule has 0 aliphatic carbocycles. The first-order valence-corrected chi connectivity index (χ1v) is 5.08. The van der Waals surface area contributed by atoms with Crippen LogP contribution in [0.1, 0.15) is 11.1 Å². The molecule has 0 amide bonds. The zero-order chi connectivity index (χ0) is 13.4. The molecular weight excluding hydrogens is 245 g/mol. The summed E-state index contributed by atoms with van der Waals surface area (Å²) in [5, 5.41) is 17.4. The topological polar surface area (TPSA) is 60.1 Å². The number of ether oxygens (including phenoxy) is 1. The number of epoxide rings is 1. The molecule has 0 saturated carbocycles. The Morgan fingerprint density at radius 1 is 1.28 bits per heavy atom. The highest BCUT2D eigenvalue weighted by atomic mass is 19.4. The van der Waals surface area contributed by atoms with Gasteiger partial charge in [0.25, 0.3) is 5.60 Å². The fourth-order valence-corrected chi connectivity index (χ4v) is 1.69. The molecule has 1 atom stereocenters. The summed E-state index contributed by atoms with van der Waals surface area (Å²) >= 11 is 0. The Morgan fingerprint density at radius 2 is 1.94 bits per heavy atom. The van der Waals surface area contributed by atoms with E-state index in [0.29, 0.717) is 5.56 Å². The summed E-state index contributed by atoms with van der Waals surface area (Å²) in [6.45, 7) is 0. The van der Waals surface area contributed by atoms with Gasteiger partial charge in [0.2, 0.25) is 0 Å². The van der Waals surface area contributed by atoms with Crippen LogP contribution in [0.25, 0.3) is 0 Å². The Balaban J connectivity index is 2.14. The largest absolute Gasteiger partial charge is 0.416 e. The number of hydrogen-bond acceptors (Lipinski definition) is 3. The van der Waals surface area contributed by atoms with Crippen molar-refractivity contribution < 1.29 is 17.9 Å². The average Bonchev–Trinajstić information content (AvgIpc) is 3.02. The minimum absolute atomic E-state index is 0.116. The highest BCUT2D eigenvalue weighted by molar-refractivity contribution is 5.34. The van der Waals surface area contributed by atoms with Crippen LogP contribution in [-0.2, 0) is 17.3 Å². The molecule has 1 aliphatic heterocycles. The van der Waals surface area contributed by atoms with Crippen LogP contribution in [0.2, 0.25) is 0 Å². The Morgan fingerprint density at radius 3 is 2.44 bits per heavy atom. The van der Waals surface area contributed by atoms with Crippen molar-refractivity contribution in [2.45, 2.75) is 24.3 Å². The van der Waals surface area contributed by atoms with Gasteiger partial charge in [0, 0.05) is 6.42 Å². The van der Waals surface area contributed by atoms with Crippen molar-refractivity contribution in [3.8, 4) is 12.1 Å². The van der Waals surface area contributed by atoms with Crippen molar-refractivity contribution in [2.24, 2.45) is 0 Å². The van der Waals surface area contributed by atoms with Crippen LogP contribution in [0.3, 0.4) is 0 Å². The molecule has 0 spiro atoms. The van der Waals surface area contributed by atoms with E-state index in [9.17, 15) is 13.2 Å². The first-order valence-electron chi connectivity index (χ1n) is 5.08. The number of nitrogens with zero attached hydrogens (tertiary/aromatic N) is 2. The Bertz CT molecular complexity index is 540. The molecular formula is C12H7F3N2O. The monoisotopic (exact) mass is 252 g/mol. The van der Waals surface area contributed by atoms with Gasteiger partial charge in [-0.05, 0) is 11.6 Å². The molecule has 0 aromatic heterocycles. The number of alkyl halides is 3. The lowest BCUT2D eigenvalue weighted by Crippen LogP contribution is -2.11. The van der Waals surface area contributed by atoms with Gasteiger partial charge in [-0.1, -0.05) is 18.2 Å². The van der Waals surface area contributed by atoms with Crippen molar-refractivity contribution in [3.05, 3.63) is 35.4 Å². The lowest BCUT2D eigenvalue weighted by Gasteiger charge is -2.07. The van der Waals surface area contributed by atoms with Gasteiger partial charge in [0.05, 0.1) is 5.56 Å². The normalized spacial score (nSPS) is 20.8. The molecule has 1 aromatic rings. The summed E-state index contributed by atoms with van der Waals surface area (Å²) in [5.74, 6) is 0. The molecule has 1 saturated heterocycles. The van der Waals surface area contributed by atoms with Gasteiger partial charge in [0.1, 0.15) is 18.2 Å². The number of hydrogen-bond donors (Lipinski definition) is 0. The maximum absolute atomic E-state index is 12.5. The van der Waals surface area contributed by atoms with E-state index < -0.39 is 23.4 Å². The quantitative estimate of drug-likeness (QED) is 0.759. The van der Waals surface area contributed by atoms with Crippen molar-refractivity contribution in [1.82, 2.24) is 0 Å². The number of rotatable bonds is 2. The maximum Gasteiger partial charge on any atom is 0.416 e. The molecule has 3 nitrogen and oxygen atoms in total. The number of halogens is 3. The summed E-state index contributed by atoms with van der Waals surface area (Å²) in [6.07, 6.45) is -4.94. The molecule has 1 aliphatic rings. The Kier molecular flexibility index (Phi) is 2.76. The fraction of sp³-hybridized carbons (Fsp3) is 0.333. The van der Waals surface area contributed by atoms with Gasteiger partial charge in [-0.25, -0.2) is 0 Å². The van der Waals surface area contributed by atoms with E-state index >= 15 is 0 Å². The molecule has 92 valence electrons. The van der Waals surface area contributed by atoms with Gasteiger partial charge >= 0.3 is 6.18 Å². The summed E-state index contributed by atoms with van der Waals surface area (Å²) < 4.78 is 42.3. The second kappa shape index (κ2) is 4.01. The minimum atomic E-state index is -4.40. The molecule has 6 heteroatoms. The smallest absolute Gasteiger partial charge is 0.337 e.